The molecule has 9 nitrogen and oxygen atoms in total. The maximum Gasteiger partial charge on any atom is 0.400 e. The largest absolute Gasteiger partial charge is 0.726 e. The maximum absolute atomic E-state index is 12.2. The smallest absolute Gasteiger partial charge is 0.400 e. The molecule has 1 aliphatic rings. The number of nitrogens with one attached hydrogen (secondary N) is 1. The van der Waals surface area contributed by atoms with Crippen molar-refractivity contribution in [3.05, 3.63) is 52.9 Å². The molecule has 1 unspecified atom stereocenters. The molecule has 142 valence electrons. The van der Waals surface area contributed by atoms with Gasteiger partial charge >= 0.3 is 5.63 Å². The minimum atomic E-state index is -4.41. The standard InChI is InChI=1S/C16H13N3O2.CH4O4S/c1-18-9-17-19(10-18)14-8-13-12-5-3-2-4-11(12)6-7-15(13)21-16(14)20;1-5-6(2,3)4/h2-9H,10H2,1H3;1H3,(H,2,3,4). The van der Waals surface area contributed by atoms with Gasteiger partial charge in [0.2, 0.25) is 16.1 Å². The summed E-state index contributed by atoms with van der Waals surface area (Å²) in [6, 6.07) is 13.8. The number of hydrogen-bond donors (Lipinski definition) is 1. The van der Waals surface area contributed by atoms with Gasteiger partial charge < -0.3 is 13.9 Å². The van der Waals surface area contributed by atoms with E-state index in [9.17, 15) is 17.8 Å². The highest BCUT2D eigenvalue weighted by atomic mass is 32.3. The normalized spacial score (nSPS) is 16.6. The molecule has 10 heteroatoms. The summed E-state index contributed by atoms with van der Waals surface area (Å²) in [5, 5.41) is 8.19. The van der Waals surface area contributed by atoms with E-state index in [0.717, 1.165) is 28.3 Å². The van der Waals surface area contributed by atoms with Crippen molar-refractivity contribution in [1.82, 2.24) is 4.90 Å². The van der Waals surface area contributed by atoms with Crippen molar-refractivity contribution in [2.75, 3.05) is 20.8 Å². The molecule has 1 N–H and O–H groups in total. The van der Waals surface area contributed by atoms with Gasteiger partial charge in [-0.3, -0.25) is 4.18 Å². The highest BCUT2D eigenvalue weighted by molar-refractivity contribution is 7.80. The van der Waals surface area contributed by atoms with E-state index >= 15 is 0 Å². The van der Waals surface area contributed by atoms with Crippen LogP contribution in [0.5, 0.6) is 0 Å². The molecule has 0 amide bonds. The molecule has 0 bridgehead atoms. The minimum Gasteiger partial charge on any atom is -0.726 e. The Morgan fingerprint density at radius 1 is 1.22 bits per heavy atom. The third kappa shape index (κ3) is 4.31. The van der Waals surface area contributed by atoms with Gasteiger partial charge in [0.1, 0.15) is 5.58 Å². The molecule has 0 spiro atoms. The third-order valence-electron chi connectivity index (χ3n) is 3.97. The summed E-state index contributed by atoms with van der Waals surface area (Å²) in [6.45, 7) is 0.626. The van der Waals surface area contributed by atoms with Gasteiger partial charge in [0.25, 0.3) is 0 Å². The summed E-state index contributed by atoms with van der Waals surface area (Å²) in [5.74, 6) is 0. The van der Waals surface area contributed by atoms with Crippen molar-refractivity contribution in [1.29, 1.82) is 0 Å². The Hall–Kier alpha value is -2.79. The lowest BCUT2D eigenvalue weighted by Gasteiger charge is -2.09. The van der Waals surface area contributed by atoms with Crippen LogP contribution >= 0.6 is 0 Å². The lowest BCUT2D eigenvalue weighted by molar-refractivity contribution is -0.841. The van der Waals surface area contributed by atoms with Gasteiger partial charge in [0.05, 0.1) is 7.11 Å². The average Bonchev–Trinajstić information content (AvgIpc) is 3.07. The lowest BCUT2D eigenvalue weighted by atomic mass is 10.1. The number of nitrogens with zero attached hydrogens (tertiary/aromatic N) is 2. The quantitative estimate of drug-likeness (QED) is 0.291. The fourth-order valence-electron chi connectivity index (χ4n) is 2.71. The average molecular weight is 391 g/mol. The predicted molar refractivity (Wildman–Crippen MR) is 98.4 cm³/mol. The number of benzene rings is 2. The second-order valence-corrected chi connectivity index (χ2v) is 6.98. The molecule has 0 saturated heterocycles. The molecule has 4 rings (SSSR count). The van der Waals surface area contributed by atoms with Crippen LogP contribution < -0.4 is 10.6 Å². The SMILES string of the molecule is CN1C=N[NH+](c2cc3c(ccc4ccccc43)oc2=O)C1.COS(=O)(=O)[O-]. The first-order valence-corrected chi connectivity index (χ1v) is 9.19. The first kappa shape index (κ1) is 19.0. The summed E-state index contributed by atoms with van der Waals surface area (Å²) < 4.78 is 36.5. The Morgan fingerprint density at radius 3 is 2.56 bits per heavy atom. The van der Waals surface area contributed by atoms with Crippen LogP contribution in [0.15, 0.2) is 56.8 Å². The van der Waals surface area contributed by atoms with Gasteiger partial charge in [-0.1, -0.05) is 35.4 Å². The van der Waals surface area contributed by atoms with Crippen molar-refractivity contribution in [2.45, 2.75) is 0 Å². The zero-order valence-corrected chi connectivity index (χ0v) is 15.4. The van der Waals surface area contributed by atoms with Gasteiger partial charge in [-0.15, -0.1) is 0 Å². The molecule has 1 aliphatic heterocycles. The summed E-state index contributed by atoms with van der Waals surface area (Å²) in [7, 11) is -1.68. The van der Waals surface area contributed by atoms with E-state index in [1.165, 1.54) is 0 Å². The number of rotatable bonds is 2. The molecule has 0 aliphatic carbocycles. The molecule has 0 fully saturated rings. The van der Waals surface area contributed by atoms with Crippen LogP contribution in [0.4, 0.5) is 5.69 Å². The first-order chi connectivity index (χ1) is 12.8. The molecule has 2 aromatic carbocycles. The van der Waals surface area contributed by atoms with Crippen molar-refractivity contribution in [3.8, 4) is 0 Å². The Labute approximate surface area is 155 Å². The lowest BCUT2D eigenvalue weighted by Crippen LogP contribution is -3.02. The Morgan fingerprint density at radius 2 is 1.93 bits per heavy atom. The molecule has 2 heterocycles. The van der Waals surface area contributed by atoms with Gasteiger partial charge in [-0.25, -0.2) is 13.2 Å². The van der Waals surface area contributed by atoms with E-state index in [1.54, 1.807) is 6.34 Å². The number of quaternary nitrogens is 1. The molecular formula is C17H17N3O6S. The van der Waals surface area contributed by atoms with E-state index in [0.29, 0.717) is 17.9 Å². The van der Waals surface area contributed by atoms with Crippen molar-refractivity contribution in [2.24, 2.45) is 5.10 Å². The van der Waals surface area contributed by atoms with E-state index < -0.39 is 10.4 Å². The monoisotopic (exact) mass is 391 g/mol. The van der Waals surface area contributed by atoms with Gasteiger partial charge in [0.15, 0.2) is 13.0 Å². The Bertz CT molecular complexity index is 1170. The van der Waals surface area contributed by atoms with Crippen LogP contribution in [0.3, 0.4) is 0 Å². The van der Waals surface area contributed by atoms with Crippen LogP contribution in [0.1, 0.15) is 0 Å². The second-order valence-electron chi connectivity index (χ2n) is 5.83. The van der Waals surface area contributed by atoms with Crippen molar-refractivity contribution >= 4 is 44.2 Å². The zero-order chi connectivity index (χ0) is 19.6. The van der Waals surface area contributed by atoms with Crippen LogP contribution in [-0.2, 0) is 14.6 Å². The molecule has 0 saturated carbocycles. The van der Waals surface area contributed by atoms with Crippen LogP contribution in [0.2, 0.25) is 0 Å². The van der Waals surface area contributed by atoms with E-state index in [1.807, 2.05) is 54.4 Å². The van der Waals surface area contributed by atoms with Gasteiger partial charge in [0, 0.05) is 18.5 Å². The number of hydrogen-bond acceptors (Lipinski definition) is 8. The zero-order valence-electron chi connectivity index (χ0n) is 14.6. The fraction of sp³-hybridized carbons (Fsp3) is 0.176. The summed E-state index contributed by atoms with van der Waals surface area (Å²) in [4.78, 5) is 14.1. The maximum atomic E-state index is 12.2. The highest BCUT2D eigenvalue weighted by Gasteiger charge is 2.24. The molecule has 27 heavy (non-hydrogen) atoms. The van der Waals surface area contributed by atoms with E-state index in [-0.39, 0.29) is 5.63 Å². The van der Waals surface area contributed by atoms with Crippen LogP contribution in [0.25, 0.3) is 21.7 Å². The van der Waals surface area contributed by atoms with Gasteiger partial charge in [-0.2, -0.15) is 5.01 Å². The third-order valence-corrected chi connectivity index (χ3v) is 4.38. The second kappa shape index (κ2) is 7.45. The van der Waals surface area contributed by atoms with Crippen LogP contribution in [-0.4, -0.2) is 45.0 Å². The molecule has 1 atom stereocenters. The Balaban J connectivity index is 0.000000307. The summed E-state index contributed by atoms with van der Waals surface area (Å²) in [6.07, 6.45) is 1.72. The van der Waals surface area contributed by atoms with Crippen molar-refractivity contribution < 1.29 is 26.6 Å². The highest BCUT2D eigenvalue weighted by Crippen LogP contribution is 2.25. The molecule has 3 aromatic rings. The topological polar surface area (TPSA) is 117 Å². The molecular weight excluding hydrogens is 374 g/mol. The van der Waals surface area contributed by atoms with Crippen molar-refractivity contribution in [3.63, 3.8) is 0 Å². The predicted octanol–water partition coefficient (Wildman–Crippen LogP) is 0.402. The molecule has 1 aromatic heterocycles. The Kier molecular flexibility index (Phi) is 5.24. The van der Waals surface area contributed by atoms with E-state index in [2.05, 4.69) is 9.28 Å². The summed E-state index contributed by atoms with van der Waals surface area (Å²) in [5.41, 5.74) is 0.818. The fourth-order valence-corrected chi connectivity index (χ4v) is 2.71. The number of fused-ring (bicyclic) bond motifs is 3. The van der Waals surface area contributed by atoms with E-state index in [4.69, 9.17) is 4.42 Å². The van der Waals surface area contributed by atoms with Crippen LogP contribution in [0, 0.1) is 0 Å². The first-order valence-electron chi connectivity index (χ1n) is 7.86. The minimum absolute atomic E-state index is 0.333. The molecule has 0 radical (unpaired) electrons. The van der Waals surface area contributed by atoms with Gasteiger partial charge in [-0.05, 0) is 16.8 Å². The summed E-state index contributed by atoms with van der Waals surface area (Å²) >= 11 is 0.